The van der Waals surface area contributed by atoms with Crippen molar-refractivity contribution in [1.82, 2.24) is 4.98 Å². The molecule has 1 atom stereocenters. The fraction of sp³-hybridized carbons (Fsp3) is 0.444. The fourth-order valence-electron chi connectivity index (χ4n) is 4.52. The van der Waals surface area contributed by atoms with Crippen LogP contribution in [0.3, 0.4) is 0 Å². The first-order valence-electron chi connectivity index (χ1n) is 12.6. The molecule has 1 heterocycles. The second kappa shape index (κ2) is 11.9. The van der Waals surface area contributed by atoms with Gasteiger partial charge in [-0.05, 0) is 72.9 Å². The van der Waals surface area contributed by atoms with Gasteiger partial charge in [0.2, 0.25) is 5.13 Å². The minimum Gasteiger partial charge on any atom is -0.497 e. The summed E-state index contributed by atoms with van der Waals surface area (Å²) in [6.07, 6.45) is 4.20. The zero-order chi connectivity index (χ0) is 28.4. The maximum absolute atomic E-state index is 15.4. The van der Waals surface area contributed by atoms with E-state index in [9.17, 15) is 17.2 Å². The second-order valence-corrected chi connectivity index (χ2v) is 13.2. The summed E-state index contributed by atoms with van der Waals surface area (Å²) in [5.74, 6) is -0.256. The number of hydrogen-bond acceptors (Lipinski definition) is 6. The molecule has 0 radical (unpaired) electrons. The quantitative estimate of drug-likeness (QED) is 0.222. The molecule has 0 bridgehead atoms. The van der Waals surface area contributed by atoms with Crippen molar-refractivity contribution >= 4 is 43.8 Å². The van der Waals surface area contributed by atoms with Gasteiger partial charge in [-0.2, -0.15) is 4.39 Å². The van der Waals surface area contributed by atoms with Crippen molar-refractivity contribution < 1.29 is 26.3 Å². The van der Waals surface area contributed by atoms with Crippen molar-refractivity contribution in [2.24, 2.45) is 11.3 Å². The predicted molar refractivity (Wildman–Crippen MR) is 149 cm³/mol. The van der Waals surface area contributed by atoms with Crippen LogP contribution in [0.2, 0.25) is 5.02 Å². The van der Waals surface area contributed by atoms with Gasteiger partial charge in [-0.1, -0.05) is 42.3 Å². The Labute approximate surface area is 236 Å². The zero-order valence-electron chi connectivity index (χ0n) is 21.9. The number of aryl methyl sites for hydroxylation is 1. The zero-order valence-corrected chi connectivity index (χ0v) is 24.3. The lowest BCUT2D eigenvalue weighted by atomic mass is 9.91. The van der Waals surface area contributed by atoms with E-state index < -0.39 is 25.9 Å². The van der Waals surface area contributed by atoms with Crippen molar-refractivity contribution in [2.75, 3.05) is 30.0 Å². The molecule has 1 aliphatic rings. The molecule has 1 fully saturated rings. The normalized spacial score (nSPS) is 15.2. The van der Waals surface area contributed by atoms with Crippen LogP contribution < -0.4 is 14.4 Å². The third kappa shape index (κ3) is 6.63. The molecule has 12 heteroatoms. The Bertz CT molecular complexity index is 1430. The highest BCUT2D eigenvalue weighted by Gasteiger charge is 2.43. The van der Waals surface area contributed by atoms with Gasteiger partial charge < -0.3 is 10.1 Å². The summed E-state index contributed by atoms with van der Waals surface area (Å²) in [4.78, 5) is 3.26. The summed E-state index contributed by atoms with van der Waals surface area (Å²) < 4.78 is 76.3. The number of benzene rings is 2. The lowest BCUT2D eigenvalue weighted by Crippen LogP contribution is -2.31. The Morgan fingerprint density at radius 3 is 2.56 bits per heavy atom. The van der Waals surface area contributed by atoms with E-state index in [1.807, 2.05) is 6.92 Å². The Morgan fingerprint density at radius 1 is 1.26 bits per heavy atom. The summed E-state index contributed by atoms with van der Waals surface area (Å²) in [5, 5.41) is 2.30. The molecule has 3 aromatic rings. The number of anilines is 2. The van der Waals surface area contributed by atoms with Crippen LogP contribution in [-0.2, 0) is 16.6 Å². The van der Waals surface area contributed by atoms with Gasteiger partial charge in [0.15, 0.2) is 5.13 Å². The number of rotatable bonds is 13. The van der Waals surface area contributed by atoms with Gasteiger partial charge >= 0.3 is 0 Å². The van der Waals surface area contributed by atoms with E-state index in [0.29, 0.717) is 29.2 Å². The number of hydrogen-bond donors (Lipinski definition) is 1. The van der Waals surface area contributed by atoms with E-state index in [4.69, 9.17) is 16.3 Å². The summed E-state index contributed by atoms with van der Waals surface area (Å²) in [5.41, 5.74) is 1.34. The van der Waals surface area contributed by atoms with Crippen molar-refractivity contribution in [3.05, 3.63) is 63.6 Å². The molecule has 0 aliphatic heterocycles. The van der Waals surface area contributed by atoms with Crippen molar-refractivity contribution in [3.63, 3.8) is 0 Å². The SMILES string of the molecule is CC[C@H](CNc1cc(F)c(S(=O)(=O)N(Cc2ccc(OC)cc2C)c2ncc(F)s2)cc1Cl)CC1(CF)CC1. The van der Waals surface area contributed by atoms with Crippen molar-refractivity contribution in [3.8, 4) is 5.75 Å². The smallest absolute Gasteiger partial charge is 0.269 e. The predicted octanol–water partition coefficient (Wildman–Crippen LogP) is 7.37. The van der Waals surface area contributed by atoms with Crippen LogP contribution in [0.15, 0.2) is 41.4 Å². The topological polar surface area (TPSA) is 71.5 Å². The van der Waals surface area contributed by atoms with E-state index in [1.165, 1.54) is 7.11 Å². The molecule has 1 aromatic heterocycles. The van der Waals surface area contributed by atoms with E-state index in [2.05, 4.69) is 10.3 Å². The molecule has 0 saturated heterocycles. The van der Waals surface area contributed by atoms with Gasteiger partial charge in [-0.15, -0.1) is 0 Å². The van der Waals surface area contributed by atoms with Gasteiger partial charge in [0.1, 0.15) is 16.5 Å². The maximum atomic E-state index is 15.4. The van der Waals surface area contributed by atoms with Crippen LogP contribution >= 0.6 is 22.9 Å². The molecule has 1 saturated carbocycles. The highest BCUT2D eigenvalue weighted by molar-refractivity contribution is 7.93. The van der Waals surface area contributed by atoms with E-state index in [-0.39, 0.29) is 40.4 Å². The number of sulfonamides is 1. The Balaban J connectivity index is 1.61. The maximum Gasteiger partial charge on any atom is 0.269 e. The van der Waals surface area contributed by atoms with Crippen LogP contribution in [0.4, 0.5) is 24.0 Å². The fourth-order valence-corrected chi connectivity index (χ4v) is 7.15. The lowest BCUT2D eigenvalue weighted by Gasteiger charge is -2.24. The molecule has 39 heavy (non-hydrogen) atoms. The second-order valence-electron chi connectivity index (χ2n) is 10.0. The molecular weight excluding hydrogens is 571 g/mol. The number of halogens is 4. The summed E-state index contributed by atoms with van der Waals surface area (Å²) >= 11 is 6.96. The highest BCUT2D eigenvalue weighted by atomic mass is 35.5. The average molecular weight is 602 g/mol. The first kappa shape index (κ1) is 29.5. The van der Waals surface area contributed by atoms with Gasteiger partial charge in [-0.25, -0.2) is 22.1 Å². The molecule has 0 spiro atoms. The summed E-state index contributed by atoms with van der Waals surface area (Å²) in [6, 6.07) is 7.20. The van der Waals surface area contributed by atoms with Gasteiger partial charge in [-0.3, -0.25) is 4.39 Å². The molecule has 4 rings (SSSR count). The largest absolute Gasteiger partial charge is 0.497 e. The molecule has 1 aliphatic carbocycles. The molecule has 6 nitrogen and oxygen atoms in total. The van der Waals surface area contributed by atoms with Gasteiger partial charge in [0, 0.05) is 6.54 Å². The van der Waals surface area contributed by atoms with Crippen molar-refractivity contribution in [1.29, 1.82) is 0 Å². The van der Waals surface area contributed by atoms with Crippen LogP contribution in [0.25, 0.3) is 0 Å². The minimum absolute atomic E-state index is 0.0161. The van der Waals surface area contributed by atoms with E-state index in [0.717, 1.165) is 53.9 Å². The Kier molecular flexibility index (Phi) is 9.02. The van der Waals surface area contributed by atoms with Crippen LogP contribution in [0.1, 0.15) is 43.7 Å². The first-order valence-corrected chi connectivity index (χ1v) is 15.2. The molecule has 1 N–H and O–H groups in total. The third-order valence-electron chi connectivity index (χ3n) is 7.25. The van der Waals surface area contributed by atoms with Crippen LogP contribution in [0.5, 0.6) is 5.75 Å². The summed E-state index contributed by atoms with van der Waals surface area (Å²) in [7, 11) is -3.02. The molecule has 212 valence electrons. The number of thiazole rings is 1. The number of nitrogens with zero attached hydrogens (tertiary/aromatic N) is 2. The Hall–Kier alpha value is -2.50. The monoisotopic (exact) mass is 601 g/mol. The number of nitrogens with one attached hydrogen (secondary N) is 1. The number of methoxy groups -OCH3 is 1. The molecule has 2 aromatic carbocycles. The third-order valence-corrected chi connectivity index (χ3v) is 10.2. The highest BCUT2D eigenvalue weighted by Crippen LogP contribution is 2.51. The summed E-state index contributed by atoms with van der Waals surface area (Å²) in [6.45, 7) is 3.69. The van der Waals surface area contributed by atoms with Crippen molar-refractivity contribution in [2.45, 2.75) is 51.0 Å². The Morgan fingerprint density at radius 2 is 2.00 bits per heavy atom. The molecule has 0 unspecified atom stereocenters. The number of aromatic nitrogens is 1. The average Bonchev–Trinajstić information content (AvgIpc) is 3.56. The van der Waals surface area contributed by atoms with E-state index in [1.54, 1.807) is 25.1 Å². The first-order chi connectivity index (χ1) is 18.5. The molecule has 0 amide bonds. The van der Waals surface area contributed by atoms with Crippen LogP contribution in [-0.4, -0.2) is 33.7 Å². The number of alkyl halides is 1. The van der Waals surface area contributed by atoms with E-state index >= 15 is 4.39 Å². The van der Waals surface area contributed by atoms with Crippen LogP contribution in [0, 0.1) is 29.2 Å². The minimum atomic E-state index is -4.54. The molecular formula is C27H31ClF3N3O3S2. The number of ether oxygens (including phenoxy) is 1. The van der Waals surface area contributed by atoms with Gasteiger partial charge in [0.05, 0.1) is 37.2 Å². The standard InChI is InChI=1S/C27H31ClF3N3O3S2/c1-4-18(12-27(16-29)7-8-27)13-32-23-11-22(30)24(10-21(23)28)39(35,36)34(26-33-14-25(31)38-26)15-19-5-6-20(37-3)9-17(19)2/h5-6,9-11,14,18,32H,4,7-8,12-13,15-16H2,1-3H3/t18-/m0/s1. The van der Waals surface area contributed by atoms with Gasteiger partial charge in [0.25, 0.3) is 10.0 Å². The lowest BCUT2D eigenvalue weighted by molar-refractivity contribution is 0.277.